The summed E-state index contributed by atoms with van der Waals surface area (Å²) in [5.74, 6) is -1.68. The molecule has 0 saturated carbocycles. The molecule has 1 aromatic carbocycles. The maximum absolute atomic E-state index is 13.6. The van der Waals surface area contributed by atoms with Crippen LogP contribution in [0.3, 0.4) is 0 Å². The number of aliphatic hydroxyl groups is 2. The number of carbonyl (C=O) groups is 2. The number of hydrogen-bond acceptors (Lipinski definition) is 8. The molecular weight excluding hydrogens is 502 g/mol. The largest absolute Gasteiger partial charge is 0.457 e. The first kappa shape index (κ1) is 28.9. The lowest BCUT2D eigenvalue weighted by atomic mass is 9.71. The summed E-state index contributed by atoms with van der Waals surface area (Å²) in [5, 5.41) is 23.2. The van der Waals surface area contributed by atoms with Crippen LogP contribution < -0.4 is 0 Å². The zero-order valence-electron chi connectivity index (χ0n) is 23.1. The molecule has 7 atom stereocenters. The number of rotatable bonds is 3. The number of aryl methyl sites for hydroxylation is 1. The first-order valence-corrected chi connectivity index (χ1v) is 14.4. The number of aromatic nitrogens is 1. The molecule has 4 rings (SSSR count). The average molecular weight is 544 g/mol. The Hall–Kier alpha value is -2.13. The Balaban J connectivity index is 1.63. The van der Waals surface area contributed by atoms with Crippen LogP contribution in [-0.2, 0) is 19.1 Å². The van der Waals surface area contributed by atoms with Crippen LogP contribution in [0.2, 0.25) is 0 Å². The van der Waals surface area contributed by atoms with Gasteiger partial charge in [0.05, 0.1) is 51.0 Å². The van der Waals surface area contributed by atoms with Crippen molar-refractivity contribution in [1.82, 2.24) is 4.98 Å². The van der Waals surface area contributed by atoms with Crippen molar-refractivity contribution in [3.05, 3.63) is 41.4 Å². The number of allylic oxidation sites excluding steroid dienone is 1. The molecule has 38 heavy (non-hydrogen) atoms. The van der Waals surface area contributed by atoms with E-state index in [2.05, 4.69) is 18.5 Å². The maximum atomic E-state index is 13.6. The van der Waals surface area contributed by atoms with Gasteiger partial charge in [-0.15, -0.1) is 17.9 Å². The second-order valence-corrected chi connectivity index (χ2v) is 13.1. The third kappa shape index (κ3) is 6.03. The van der Waals surface area contributed by atoms with Gasteiger partial charge in [0.1, 0.15) is 11.9 Å². The quantitative estimate of drug-likeness (QED) is 0.301. The van der Waals surface area contributed by atoms with Gasteiger partial charge in [0, 0.05) is 12.3 Å². The van der Waals surface area contributed by atoms with Crippen molar-refractivity contribution >= 4 is 33.3 Å². The summed E-state index contributed by atoms with van der Waals surface area (Å²) in [6.45, 7) is 13.0. The molecular formula is C30H41NO6S. The van der Waals surface area contributed by atoms with Crippen molar-refractivity contribution < 1.29 is 29.3 Å². The summed E-state index contributed by atoms with van der Waals surface area (Å²) in [6, 6.07) is 5.92. The molecule has 2 N–H and O–H groups in total. The molecule has 3 heterocycles. The van der Waals surface area contributed by atoms with Crippen LogP contribution in [0.1, 0.15) is 82.9 Å². The number of carbonyl (C=O) groups excluding carboxylic acids is 2. The zero-order chi connectivity index (χ0) is 27.8. The van der Waals surface area contributed by atoms with Gasteiger partial charge in [-0.2, -0.15) is 0 Å². The van der Waals surface area contributed by atoms with Crippen LogP contribution in [-0.4, -0.2) is 50.9 Å². The summed E-state index contributed by atoms with van der Waals surface area (Å²) >= 11 is 1.61. The van der Waals surface area contributed by atoms with E-state index in [9.17, 15) is 19.8 Å². The highest BCUT2D eigenvalue weighted by Crippen LogP contribution is 2.47. The Morgan fingerprint density at radius 1 is 1.24 bits per heavy atom. The van der Waals surface area contributed by atoms with Crippen molar-refractivity contribution in [2.45, 2.75) is 103 Å². The third-order valence-electron chi connectivity index (χ3n) is 8.54. The standard InChI is InChI=1S/C30H41NO6S/c1-7-9-20-27(34)17(2)10-8-13-30(6)25(37-30)15-22(19-11-12-23-21(14-19)31-18(3)38-23)36-26(33)16-24(32)29(4,5)28(20)35/h7,11-12,14,17,20,22,24-25,27,32,34H,1,8-10,13,15-16H2,2-6H3/t17-,20-,22-,24+,25+,27+,30+/m0/s1. The van der Waals surface area contributed by atoms with Crippen molar-refractivity contribution in [3.8, 4) is 0 Å². The number of ether oxygens (including phenoxy) is 2. The van der Waals surface area contributed by atoms with Gasteiger partial charge in [-0.1, -0.05) is 39.3 Å². The number of fused-ring (bicyclic) bond motifs is 2. The molecule has 2 aliphatic heterocycles. The second kappa shape index (κ2) is 11.2. The number of nitrogens with zero attached hydrogens (tertiary/aromatic N) is 1. The smallest absolute Gasteiger partial charge is 0.309 e. The van der Waals surface area contributed by atoms with Crippen LogP contribution >= 0.6 is 11.3 Å². The van der Waals surface area contributed by atoms with Crippen molar-refractivity contribution in [1.29, 1.82) is 0 Å². The number of aliphatic hydroxyl groups excluding tert-OH is 2. The van der Waals surface area contributed by atoms with Crippen LogP contribution in [0, 0.1) is 24.2 Å². The monoisotopic (exact) mass is 543 g/mol. The molecule has 7 nitrogen and oxygen atoms in total. The fourth-order valence-electron chi connectivity index (χ4n) is 5.70. The van der Waals surface area contributed by atoms with E-state index >= 15 is 0 Å². The first-order chi connectivity index (χ1) is 17.9. The molecule has 0 bridgehead atoms. The zero-order valence-corrected chi connectivity index (χ0v) is 23.9. The fraction of sp³-hybridized carbons (Fsp3) is 0.633. The molecule has 0 radical (unpaired) electrons. The number of cyclic esters (lactones) is 1. The molecule has 2 saturated heterocycles. The topological polar surface area (TPSA) is 109 Å². The average Bonchev–Trinajstić information content (AvgIpc) is 3.32. The molecule has 2 aromatic rings. The van der Waals surface area contributed by atoms with E-state index in [4.69, 9.17) is 9.47 Å². The SMILES string of the molecule is C=CC[C@@H]1C(=O)C(C)(C)[C@H](O)CC(=O)O[C@H](c2ccc3sc(C)nc3c2)C[C@H]2O[C@]2(C)CCC[C@H](C)[C@H]1O. The molecule has 0 amide bonds. The number of esters is 1. The molecule has 8 heteroatoms. The van der Waals surface area contributed by atoms with E-state index in [-0.39, 0.29) is 29.8 Å². The molecule has 1 aromatic heterocycles. The van der Waals surface area contributed by atoms with E-state index in [1.165, 1.54) is 0 Å². The molecule has 0 aliphatic carbocycles. The number of benzene rings is 1. The Bertz CT molecular complexity index is 1190. The highest BCUT2D eigenvalue weighted by Gasteiger charge is 2.53. The van der Waals surface area contributed by atoms with Gasteiger partial charge in [-0.05, 0) is 56.7 Å². The number of Topliss-reactive ketones (excluding diaryl/α,β-unsaturated/α-hetero) is 1. The number of ketones is 1. The number of thiazole rings is 1. The van der Waals surface area contributed by atoms with E-state index in [1.54, 1.807) is 31.3 Å². The number of hydrogen-bond donors (Lipinski definition) is 2. The molecule has 2 aliphatic rings. The van der Waals surface area contributed by atoms with Gasteiger partial charge in [0.25, 0.3) is 0 Å². The summed E-state index contributed by atoms with van der Waals surface area (Å²) in [6.07, 6.45) is 1.71. The van der Waals surface area contributed by atoms with Gasteiger partial charge in [0.15, 0.2) is 0 Å². The Labute approximate surface area is 229 Å². The predicted octanol–water partition coefficient (Wildman–Crippen LogP) is 5.46. The highest BCUT2D eigenvalue weighted by atomic mass is 32.1. The highest BCUT2D eigenvalue weighted by molar-refractivity contribution is 7.18. The van der Waals surface area contributed by atoms with E-state index in [0.717, 1.165) is 40.1 Å². The number of epoxide rings is 1. The summed E-state index contributed by atoms with van der Waals surface area (Å²) < 4.78 is 13.2. The van der Waals surface area contributed by atoms with E-state index in [0.29, 0.717) is 12.8 Å². The van der Waals surface area contributed by atoms with E-state index < -0.39 is 35.6 Å². The van der Waals surface area contributed by atoms with Crippen LogP contribution in [0.5, 0.6) is 0 Å². The van der Waals surface area contributed by atoms with Crippen molar-refractivity contribution in [2.75, 3.05) is 0 Å². The summed E-state index contributed by atoms with van der Waals surface area (Å²) in [4.78, 5) is 31.3. The second-order valence-electron chi connectivity index (χ2n) is 11.9. The summed E-state index contributed by atoms with van der Waals surface area (Å²) in [7, 11) is 0. The van der Waals surface area contributed by atoms with Crippen LogP contribution in [0.4, 0.5) is 0 Å². The van der Waals surface area contributed by atoms with Gasteiger partial charge in [-0.25, -0.2) is 4.98 Å². The lowest BCUT2D eigenvalue weighted by Crippen LogP contribution is -2.46. The molecule has 0 spiro atoms. The van der Waals surface area contributed by atoms with Crippen molar-refractivity contribution in [3.63, 3.8) is 0 Å². The minimum absolute atomic E-state index is 0.0715. The normalized spacial score (nSPS) is 34.9. The lowest BCUT2D eigenvalue weighted by Gasteiger charge is -2.35. The predicted molar refractivity (Wildman–Crippen MR) is 148 cm³/mol. The molecule has 2 fully saturated rings. The minimum atomic E-state index is -1.27. The molecule has 208 valence electrons. The van der Waals surface area contributed by atoms with Gasteiger partial charge >= 0.3 is 5.97 Å². The van der Waals surface area contributed by atoms with Crippen molar-refractivity contribution in [2.24, 2.45) is 17.3 Å². The minimum Gasteiger partial charge on any atom is -0.457 e. The Morgan fingerprint density at radius 3 is 2.68 bits per heavy atom. The van der Waals surface area contributed by atoms with Crippen LogP contribution in [0.15, 0.2) is 30.9 Å². The van der Waals surface area contributed by atoms with E-state index in [1.807, 2.05) is 32.0 Å². The van der Waals surface area contributed by atoms with Crippen LogP contribution in [0.25, 0.3) is 10.2 Å². The van der Waals surface area contributed by atoms with Gasteiger partial charge in [-0.3, -0.25) is 9.59 Å². The van der Waals surface area contributed by atoms with Gasteiger partial charge < -0.3 is 19.7 Å². The maximum Gasteiger partial charge on any atom is 0.309 e. The Morgan fingerprint density at radius 2 is 1.97 bits per heavy atom. The lowest BCUT2D eigenvalue weighted by molar-refractivity contribution is -0.156. The Kier molecular flexibility index (Phi) is 8.48. The first-order valence-electron chi connectivity index (χ1n) is 13.6. The third-order valence-corrected chi connectivity index (χ3v) is 9.49. The molecule has 0 unspecified atom stereocenters. The summed E-state index contributed by atoms with van der Waals surface area (Å²) in [5.41, 5.74) is 0.115. The fourth-order valence-corrected chi connectivity index (χ4v) is 6.51. The van der Waals surface area contributed by atoms with Gasteiger partial charge in [0.2, 0.25) is 0 Å².